The number of aryl methyl sites for hydroxylation is 1. The number of hydrogen-bond donors (Lipinski definition) is 2. The number of anilines is 2. The lowest BCUT2D eigenvalue weighted by molar-refractivity contribution is -0.274. The third-order valence-corrected chi connectivity index (χ3v) is 5.49. The molecule has 0 atom stereocenters. The Balaban J connectivity index is 1.49. The Morgan fingerprint density at radius 3 is 2.49 bits per heavy atom. The molecule has 2 N–H and O–H groups in total. The first-order chi connectivity index (χ1) is 18.3. The Labute approximate surface area is 226 Å². The lowest BCUT2D eigenvalue weighted by Crippen LogP contribution is -2.32. The standard InChI is InChI=1S/C26H25ClF3N5O4/c1-25(2,3)39-24(36)31-13-16-11-20-22(35(16)4)23(33-14-32-20)34-15-8-9-21(19(27)10-15)37-17-6-5-7-18(12-17)38-26(28,29)30/h5-12,14H,13H2,1-4H3,(H,31,36)(H,32,33,34). The summed E-state index contributed by atoms with van der Waals surface area (Å²) in [6.07, 6.45) is -3.94. The van der Waals surface area contributed by atoms with Crippen LogP contribution < -0.4 is 20.1 Å². The lowest BCUT2D eigenvalue weighted by Gasteiger charge is -2.19. The lowest BCUT2D eigenvalue weighted by atomic mass is 10.2. The first kappa shape index (κ1) is 27.8. The minimum atomic E-state index is -4.82. The molecule has 0 aliphatic carbocycles. The first-order valence-electron chi connectivity index (χ1n) is 11.6. The smallest absolute Gasteiger partial charge is 0.456 e. The second kappa shape index (κ2) is 10.9. The third-order valence-electron chi connectivity index (χ3n) is 5.19. The summed E-state index contributed by atoms with van der Waals surface area (Å²) in [5.74, 6) is 0.431. The van der Waals surface area contributed by atoms with Crippen molar-refractivity contribution in [3.63, 3.8) is 0 Å². The Morgan fingerprint density at radius 1 is 1.05 bits per heavy atom. The van der Waals surface area contributed by atoms with Crippen molar-refractivity contribution in [2.45, 2.75) is 39.3 Å². The van der Waals surface area contributed by atoms with Crippen LogP contribution >= 0.6 is 11.6 Å². The number of alkyl carbamates (subject to hydrolysis) is 1. The summed E-state index contributed by atoms with van der Waals surface area (Å²) in [5.41, 5.74) is 2.09. The van der Waals surface area contributed by atoms with E-state index in [9.17, 15) is 18.0 Å². The predicted molar refractivity (Wildman–Crippen MR) is 140 cm³/mol. The highest BCUT2D eigenvalue weighted by atomic mass is 35.5. The average molecular weight is 564 g/mol. The van der Waals surface area contributed by atoms with Crippen LogP contribution in [0, 0.1) is 0 Å². The predicted octanol–water partition coefficient (Wildman–Crippen LogP) is 7.08. The zero-order valence-electron chi connectivity index (χ0n) is 21.4. The van der Waals surface area contributed by atoms with E-state index in [4.69, 9.17) is 21.1 Å². The Hall–Kier alpha value is -4.19. The number of carbonyl (C=O) groups is 1. The van der Waals surface area contributed by atoms with E-state index in [1.807, 2.05) is 17.7 Å². The molecule has 0 spiro atoms. The van der Waals surface area contributed by atoms with Gasteiger partial charge in [-0.1, -0.05) is 17.7 Å². The number of hydrogen-bond acceptors (Lipinski definition) is 7. The maximum absolute atomic E-state index is 12.5. The van der Waals surface area contributed by atoms with Gasteiger partial charge in [-0.05, 0) is 57.2 Å². The molecule has 2 aromatic heterocycles. The van der Waals surface area contributed by atoms with Gasteiger partial charge in [0.05, 0.1) is 17.1 Å². The Kier molecular flexibility index (Phi) is 7.77. The second-order valence-electron chi connectivity index (χ2n) is 9.40. The monoisotopic (exact) mass is 563 g/mol. The third kappa shape index (κ3) is 7.44. The van der Waals surface area contributed by atoms with Gasteiger partial charge in [-0.3, -0.25) is 0 Å². The zero-order chi connectivity index (χ0) is 28.4. The molecule has 0 radical (unpaired) electrons. The number of aromatic nitrogens is 3. The largest absolute Gasteiger partial charge is 0.573 e. The van der Waals surface area contributed by atoms with E-state index >= 15 is 0 Å². The van der Waals surface area contributed by atoms with Crippen LogP contribution in [-0.2, 0) is 18.3 Å². The van der Waals surface area contributed by atoms with Gasteiger partial charge >= 0.3 is 12.5 Å². The fraction of sp³-hybridized carbons (Fsp3) is 0.269. The van der Waals surface area contributed by atoms with Gasteiger partial charge in [0.2, 0.25) is 0 Å². The number of fused-ring (bicyclic) bond motifs is 1. The Bertz CT molecular complexity index is 1500. The maximum Gasteiger partial charge on any atom is 0.573 e. The van der Waals surface area contributed by atoms with Crippen molar-refractivity contribution in [3.05, 3.63) is 65.6 Å². The van der Waals surface area contributed by atoms with Crippen molar-refractivity contribution < 1.29 is 32.2 Å². The molecule has 39 heavy (non-hydrogen) atoms. The normalized spacial score (nSPS) is 11.8. The number of alkyl halides is 3. The van der Waals surface area contributed by atoms with Gasteiger partial charge in [0.15, 0.2) is 5.82 Å². The van der Waals surface area contributed by atoms with Crippen LogP contribution in [-0.4, -0.2) is 32.6 Å². The highest BCUT2D eigenvalue weighted by Gasteiger charge is 2.31. The Morgan fingerprint density at radius 2 is 1.79 bits per heavy atom. The van der Waals surface area contributed by atoms with Crippen LogP contribution in [0.5, 0.6) is 17.2 Å². The van der Waals surface area contributed by atoms with Gasteiger partial charge in [0.25, 0.3) is 0 Å². The molecule has 0 bridgehead atoms. The molecule has 1 amide bonds. The second-order valence-corrected chi connectivity index (χ2v) is 9.81. The van der Waals surface area contributed by atoms with Gasteiger partial charge in [-0.2, -0.15) is 0 Å². The quantitative estimate of drug-likeness (QED) is 0.248. The van der Waals surface area contributed by atoms with Crippen molar-refractivity contribution in [2.24, 2.45) is 7.05 Å². The van der Waals surface area contributed by atoms with E-state index in [1.165, 1.54) is 24.5 Å². The highest BCUT2D eigenvalue weighted by Crippen LogP contribution is 2.35. The van der Waals surface area contributed by atoms with Crippen molar-refractivity contribution in [2.75, 3.05) is 5.32 Å². The van der Waals surface area contributed by atoms with Gasteiger partial charge < -0.3 is 29.4 Å². The van der Waals surface area contributed by atoms with E-state index in [1.54, 1.807) is 39.0 Å². The average Bonchev–Trinajstić information content (AvgIpc) is 3.14. The number of halogens is 4. The van der Waals surface area contributed by atoms with Crippen LogP contribution in [0.15, 0.2) is 54.9 Å². The van der Waals surface area contributed by atoms with E-state index in [-0.39, 0.29) is 23.1 Å². The summed E-state index contributed by atoms with van der Waals surface area (Å²) < 4.78 is 54.3. The van der Waals surface area contributed by atoms with Crippen molar-refractivity contribution >= 4 is 40.2 Å². The molecule has 4 rings (SSSR count). The molecule has 0 saturated carbocycles. The van der Waals surface area contributed by atoms with Gasteiger partial charge in [-0.25, -0.2) is 14.8 Å². The molecule has 2 heterocycles. The van der Waals surface area contributed by atoms with Crippen LogP contribution in [0.25, 0.3) is 11.0 Å². The van der Waals surface area contributed by atoms with Gasteiger partial charge in [-0.15, -0.1) is 13.2 Å². The number of carbonyl (C=O) groups excluding carboxylic acids is 1. The van der Waals surface area contributed by atoms with E-state index < -0.39 is 23.8 Å². The fourth-order valence-corrected chi connectivity index (χ4v) is 3.84. The molecule has 0 aliphatic rings. The summed E-state index contributed by atoms with van der Waals surface area (Å²) in [5, 5.41) is 6.13. The number of nitrogens with one attached hydrogen (secondary N) is 2. The number of benzene rings is 2. The summed E-state index contributed by atoms with van der Waals surface area (Å²) in [6.45, 7) is 5.57. The van der Waals surface area contributed by atoms with Crippen LogP contribution in [0.4, 0.5) is 29.5 Å². The summed E-state index contributed by atoms with van der Waals surface area (Å²) >= 11 is 6.40. The summed E-state index contributed by atoms with van der Waals surface area (Å²) in [7, 11) is 1.82. The fourth-order valence-electron chi connectivity index (χ4n) is 3.62. The molecule has 0 saturated heterocycles. The molecule has 13 heteroatoms. The summed E-state index contributed by atoms with van der Waals surface area (Å²) in [6, 6.07) is 11.8. The van der Waals surface area contributed by atoms with E-state index in [0.29, 0.717) is 22.5 Å². The van der Waals surface area contributed by atoms with E-state index in [2.05, 4.69) is 25.3 Å². The van der Waals surface area contributed by atoms with Crippen LogP contribution in [0.1, 0.15) is 26.5 Å². The number of rotatable bonds is 7. The van der Waals surface area contributed by atoms with E-state index in [0.717, 1.165) is 11.8 Å². The highest BCUT2D eigenvalue weighted by molar-refractivity contribution is 6.32. The van der Waals surface area contributed by atoms with Crippen molar-refractivity contribution in [1.29, 1.82) is 0 Å². The molecule has 0 aliphatic heterocycles. The molecule has 9 nitrogen and oxygen atoms in total. The molecule has 4 aromatic rings. The molecule has 0 unspecified atom stereocenters. The zero-order valence-corrected chi connectivity index (χ0v) is 22.1. The topological polar surface area (TPSA) is 99.5 Å². The van der Waals surface area contributed by atoms with Crippen molar-refractivity contribution in [3.8, 4) is 17.2 Å². The molecule has 2 aromatic carbocycles. The molecular weight excluding hydrogens is 539 g/mol. The maximum atomic E-state index is 12.5. The van der Waals surface area contributed by atoms with Crippen LogP contribution in [0.3, 0.4) is 0 Å². The SMILES string of the molecule is Cn1c(CNC(=O)OC(C)(C)C)cc2ncnc(Nc3ccc(Oc4cccc(OC(F)(F)F)c4)c(Cl)c3)c21. The number of amides is 1. The number of nitrogens with zero attached hydrogens (tertiary/aromatic N) is 3. The van der Waals surface area contributed by atoms with Gasteiger partial charge in [0, 0.05) is 24.5 Å². The number of ether oxygens (including phenoxy) is 3. The minimum Gasteiger partial charge on any atom is -0.456 e. The summed E-state index contributed by atoms with van der Waals surface area (Å²) in [4.78, 5) is 20.7. The van der Waals surface area contributed by atoms with Crippen LogP contribution in [0.2, 0.25) is 5.02 Å². The van der Waals surface area contributed by atoms with Crippen molar-refractivity contribution in [1.82, 2.24) is 19.9 Å². The molecule has 0 fully saturated rings. The first-order valence-corrected chi connectivity index (χ1v) is 12.0. The van der Waals surface area contributed by atoms with Gasteiger partial charge in [0.1, 0.15) is 34.7 Å². The minimum absolute atomic E-state index is 0.119. The molecule has 206 valence electrons. The molecular formula is C26H25ClF3N5O4.